The molecule has 0 heterocycles. The molecule has 120 valence electrons. The first-order valence-corrected chi connectivity index (χ1v) is 9.04. The molecule has 3 heteroatoms. The van der Waals surface area contributed by atoms with E-state index in [4.69, 9.17) is 4.74 Å². The Kier molecular flexibility index (Phi) is 3.62. The Morgan fingerprint density at radius 3 is 2.18 bits per heavy atom. The Morgan fingerprint density at radius 1 is 0.955 bits per heavy atom. The van der Waals surface area contributed by atoms with Crippen LogP contribution in [0.4, 0.5) is 0 Å². The monoisotopic (exact) mass is 302 g/mol. The molecule has 5 aliphatic carbocycles. The molecule has 0 radical (unpaired) electrons. The molecule has 0 aromatic carbocycles. The number of allylic oxidation sites excluding steroid dienone is 2. The summed E-state index contributed by atoms with van der Waals surface area (Å²) in [5.74, 6) is 3.88. The second-order valence-electron chi connectivity index (χ2n) is 7.97. The minimum Gasteiger partial charge on any atom is -0.466 e. The lowest BCUT2D eigenvalue weighted by Gasteiger charge is -2.53. The van der Waals surface area contributed by atoms with Gasteiger partial charge in [0.2, 0.25) is 0 Å². The van der Waals surface area contributed by atoms with Crippen LogP contribution in [0.3, 0.4) is 0 Å². The van der Waals surface area contributed by atoms with Crippen LogP contribution < -0.4 is 0 Å². The van der Waals surface area contributed by atoms with Gasteiger partial charge in [0, 0.05) is 5.92 Å². The average molecular weight is 302 g/mol. The van der Waals surface area contributed by atoms with Gasteiger partial charge in [0.1, 0.15) is 0 Å². The Balaban J connectivity index is 1.35. The summed E-state index contributed by atoms with van der Waals surface area (Å²) in [6.07, 6.45) is 11.7. The summed E-state index contributed by atoms with van der Waals surface area (Å²) in [6.45, 7) is 2.21. The maximum atomic E-state index is 12.3. The van der Waals surface area contributed by atoms with Gasteiger partial charge in [-0.25, -0.2) is 0 Å². The molecule has 5 saturated carbocycles. The lowest BCUT2D eigenvalue weighted by atomic mass is 9.52. The number of hydrogen-bond acceptors (Lipinski definition) is 3. The van der Waals surface area contributed by atoms with Gasteiger partial charge in [-0.2, -0.15) is 0 Å². The van der Waals surface area contributed by atoms with E-state index in [1.807, 2.05) is 6.92 Å². The van der Waals surface area contributed by atoms with E-state index in [1.54, 1.807) is 6.08 Å². The van der Waals surface area contributed by atoms with E-state index < -0.39 is 0 Å². The van der Waals surface area contributed by atoms with Gasteiger partial charge in [-0.1, -0.05) is 6.08 Å². The highest BCUT2D eigenvalue weighted by atomic mass is 16.5. The van der Waals surface area contributed by atoms with Gasteiger partial charge in [0.05, 0.1) is 12.5 Å². The molecule has 22 heavy (non-hydrogen) atoms. The van der Waals surface area contributed by atoms with Crippen molar-refractivity contribution in [3.8, 4) is 0 Å². The largest absolute Gasteiger partial charge is 0.466 e. The van der Waals surface area contributed by atoms with Crippen LogP contribution in [0.2, 0.25) is 0 Å². The summed E-state index contributed by atoms with van der Waals surface area (Å²) in [5.41, 5.74) is 0. The predicted octanol–water partition coefficient (Wildman–Crippen LogP) is 3.38. The molecular weight excluding hydrogens is 276 g/mol. The molecule has 2 atom stereocenters. The molecule has 5 fully saturated rings. The summed E-state index contributed by atoms with van der Waals surface area (Å²) < 4.78 is 5.00. The van der Waals surface area contributed by atoms with E-state index in [2.05, 4.69) is 6.08 Å². The van der Waals surface area contributed by atoms with Gasteiger partial charge >= 0.3 is 5.97 Å². The van der Waals surface area contributed by atoms with E-state index in [-0.39, 0.29) is 23.6 Å². The molecule has 0 amide bonds. The quantitative estimate of drug-likeness (QED) is 0.577. The molecule has 0 aromatic heterocycles. The van der Waals surface area contributed by atoms with Crippen molar-refractivity contribution in [1.29, 1.82) is 0 Å². The fourth-order valence-electron chi connectivity index (χ4n) is 5.63. The summed E-state index contributed by atoms with van der Waals surface area (Å²) in [5, 5.41) is 0. The number of rotatable bonds is 5. The molecular formula is C19H26O3. The van der Waals surface area contributed by atoms with Crippen molar-refractivity contribution in [1.82, 2.24) is 0 Å². The van der Waals surface area contributed by atoms with Crippen molar-refractivity contribution in [2.24, 2.45) is 41.4 Å². The first kappa shape index (κ1) is 14.5. The molecule has 0 spiro atoms. The van der Waals surface area contributed by atoms with E-state index in [0.717, 1.165) is 23.7 Å². The Bertz CT molecular complexity index is 479. The lowest BCUT2D eigenvalue weighted by molar-refractivity contribution is -0.145. The summed E-state index contributed by atoms with van der Waals surface area (Å²) in [6, 6.07) is 0. The van der Waals surface area contributed by atoms with Crippen molar-refractivity contribution in [2.45, 2.75) is 45.4 Å². The number of carbonyl (C=O) groups excluding carboxylic acids is 2. The third-order valence-electron chi connectivity index (χ3n) is 6.53. The molecule has 5 aliphatic rings. The van der Waals surface area contributed by atoms with Crippen LogP contribution in [-0.2, 0) is 14.3 Å². The molecule has 0 N–H and O–H groups in total. The highest BCUT2D eigenvalue weighted by Crippen LogP contribution is 2.56. The van der Waals surface area contributed by atoms with Crippen molar-refractivity contribution >= 4 is 11.8 Å². The van der Waals surface area contributed by atoms with Crippen molar-refractivity contribution in [3.63, 3.8) is 0 Å². The molecule has 3 nitrogen and oxygen atoms in total. The zero-order valence-corrected chi connectivity index (χ0v) is 13.4. The fourth-order valence-corrected chi connectivity index (χ4v) is 5.63. The first-order valence-electron chi connectivity index (χ1n) is 9.04. The third kappa shape index (κ3) is 2.53. The average Bonchev–Trinajstić information content (AvgIpc) is 3.26. The smallest absolute Gasteiger partial charge is 0.309 e. The first-order chi connectivity index (χ1) is 10.7. The number of ketones is 1. The Labute approximate surface area is 132 Å². The minimum atomic E-state index is -0.191. The maximum Gasteiger partial charge on any atom is 0.309 e. The standard InChI is InChI=1S/C19H26O3/c1-2-22-19(21)17-10-16(17)18(20)4-3-15-13-6-11-5-12(8-13)9-14(15)7-11/h3-4,11-17H,2,5-10H2,1H3/b4-3+/t11?,12?,13?,14?,15?,16-,17-/m0/s1. The number of carbonyl (C=O) groups is 2. The highest BCUT2D eigenvalue weighted by Gasteiger charge is 2.49. The van der Waals surface area contributed by atoms with Crippen LogP contribution >= 0.6 is 0 Å². The van der Waals surface area contributed by atoms with Crippen LogP contribution in [0, 0.1) is 41.4 Å². The molecule has 0 unspecified atom stereocenters. The molecule has 0 saturated heterocycles. The van der Waals surface area contributed by atoms with Crippen molar-refractivity contribution in [2.75, 3.05) is 6.61 Å². The molecule has 0 aromatic rings. The zero-order valence-electron chi connectivity index (χ0n) is 13.4. The number of ether oxygens (including phenoxy) is 1. The summed E-state index contributed by atoms with van der Waals surface area (Å²) in [7, 11) is 0. The SMILES string of the molecule is CCOC(=O)[C@H]1C[C@@H]1C(=O)/C=C/C1C2CC3CC(C2)CC1C3. The molecule has 5 rings (SSSR count). The van der Waals surface area contributed by atoms with Crippen LogP contribution in [-0.4, -0.2) is 18.4 Å². The van der Waals surface area contributed by atoms with E-state index >= 15 is 0 Å². The molecule has 0 aliphatic heterocycles. The van der Waals surface area contributed by atoms with Gasteiger partial charge in [-0.05, 0) is 81.1 Å². The van der Waals surface area contributed by atoms with Gasteiger partial charge in [-0.15, -0.1) is 0 Å². The van der Waals surface area contributed by atoms with Crippen LogP contribution in [0.5, 0.6) is 0 Å². The van der Waals surface area contributed by atoms with E-state index in [9.17, 15) is 9.59 Å². The molecule has 4 bridgehead atoms. The van der Waals surface area contributed by atoms with Crippen LogP contribution in [0.15, 0.2) is 12.2 Å². The fraction of sp³-hybridized carbons (Fsp3) is 0.789. The lowest BCUT2D eigenvalue weighted by Crippen LogP contribution is -2.44. The normalized spacial score (nSPS) is 45.2. The van der Waals surface area contributed by atoms with Gasteiger partial charge in [0.15, 0.2) is 5.78 Å². The van der Waals surface area contributed by atoms with Crippen LogP contribution in [0.25, 0.3) is 0 Å². The highest BCUT2D eigenvalue weighted by molar-refractivity contribution is 5.98. The summed E-state index contributed by atoms with van der Waals surface area (Å²) >= 11 is 0. The van der Waals surface area contributed by atoms with Crippen LogP contribution in [0.1, 0.15) is 45.4 Å². The van der Waals surface area contributed by atoms with E-state index in [1.165, 1.54) is 32.1 Å². The second kappa shape index (κ2) is 5.50. The Morgan fingerprint density at radius 2 is 1.59 bits per heavy atom. The van der Waals surface area contributed by atoms with Gasteiger partial charge < -0.3 is 4.74 Å². The summed E-state index contributed by atoms with van der Waals surface area (Å²) in [4.78, 5) is 23.9. The van der Waals surface area contributed by atoms with E-state index in [0.29, 0.717) is 18.9 Å². The maximum absolute atomic E-state index is 12.3. The van der Waals surface area contributed by atoms with Crippen molar-refractivity contribution < 1.29 is 14.3 Å². The topological polar surface area (TPSA) is 43.4 Å². The third-order valence-corrected chi connectivity index (χ3v) is 6.53. The predicted molar refractivity (Wildman–Crippen MR) is 82.9 cm³/mol. The number of hydrogen-bond donors (Lipinski definition) is 0. The number of esters is 1. The zero-order chi connectivity index (χ0) is 15.3. The van der Waals surface area contributed by atoms with Gasteiger partial charge in [-0.3, -0.25) is 9.59 Å². The van der Waals surface area contributed by atoms with Crippen molar-refractivity contribution in [3.05, 3.63) is 12.2 Å². The second-order valence-corrected chi connectivity index (χ2v) is 7.97. The minimum absolute atomic E-state index is 0.105. The Hall–Kier alpha value is -1.12. The van der Waals surface area contributed by atoms with Gasteiger partial charge in [0.25, 0.3) is 0 Å².